The summed E-state index contributed by atoms with van der Waals surface area (Å²) in [7, 11) is 0. The molecule has 0 aromatic carbocycles. The van der Waals surface area contributed by atoms with Crippen LogP contribution in [0.15, 0.2) is 16.8 Å². The predicted molar refractivity (Wildman–Crippen MR) is 33.1 cm³/mol. The number of rotatable bonds is 0. The van der Waals surface area contributed by atoms with Crippen molar-refractivity contribution < 1.29 is 4.74 Å². The van der Waals surface area contributed by atoms with E-state index in [1.807, 2.05) is 13.0 Å². The quantitative estimate of drug-likeness (QED) is 0.457. The maximum atomic E-state index is 5.04. The SMILES string of the molecule is CC1=CCOCC=N1. The molecule has 2 heteroatoms. The summed E-state index contributed by atoms with van der Waals surface area (Å²) in [5.74, 6) is 0. The fraction of sp³-hybridized carbons (Fsp3) is 0.500. The van der Waals surface area contributed by atoms with Crippen LogP contribution in [0.4, 0.5) is 0 Å². The van der Waals surface area contributed by atoms with Crippen molar-refractivity contribution in [2.75, 3.05) is 13.2 Å². The lowest BCUT2D eigenvalue weighted by Crippen LogP contribution is -1.91. The molecule has 8 heavy (non-hydrogen) atoms. The lowest BCUT2D eigenvalue weighted by atomic mass is 10.5. The average molecular weight is 111 g/mol. The van der Waals surface area contributed by atoms with Crippen LogP contribution < -0.4 is 0 Å². The van der Waals surface area contributed by atoms with Crippen LogP contribution in [-0.4, -0.2) is 19.4 Å². The highest BCUT2D eigenvalue weighted by Crippen LogP contribution is 1.95. The van der Waals surface area contributed by atoms with Gasteiger partial charge in [0.25, 0.3) is 0 Å². The minimum atomic E-state index is 0.647. The number of nitrogens with zero attached hydrogens (tertiary/aromatic N) is 1. The summed E-state index contributed by atoms with van der Waals surface area (Å²) in [5.41, 5.74) is 1.04. The molecule has 0 saturated heterocycles. The highest BCUT2D eigenvalue weighted by atomic mass is 16.5. The molecule has 0 aliphatic carbocycles. The minimum absolute atomic E-state index is 0.647. The number of hydrogen-bond donors (Lipinski definition) is 0. The molecular formula is C6H9NO. The van der Waals surface area contributed by atoms with Gasteiger partial charge in [-0.05, 0) is 13.0 Å². The van der Waals surface area contributed by atoms with E-state index in [4.69, 9.17) is 4.74 Å². The van der Waals surface area contributed by atoms with E-state index < -0.39 is 0 Å². The Kier molecular flexibility index (Phi) is 1.80. The first kappa shape index (κ1) is 5.51. The summed E-state index contributed by atoms with van der Waals surface area (Å²) in [6.45, 7) is 3.31. The molecule has 0 N–H and O–H groups in total. The highest BCUT2D eigenvalue weighted by molar-refractivity contribution is 5.60. The van der Waals surface area contributed by atoms with E-state index in [0.29, 0.717) is 13.2 Å². The van der Waals surface area contributed by atoms with Crippen LogP contribution in [0.1, 0.15) is 6.92 Å². The Labute approximate surface area is 48.9 Å². The Bertz CT molecular complexity index is 126. The molecule has 0 aromatic heterocycles. The highest BCUT2D eigenvalue weighted by Gasteiger charge is 1.87. The van der Waals surface area contributed by atoms with E-state index in [2.05, 4.69) is 4.99 Å². The standard InChI is InChI=1S/C6H9NO/c1-6-2-4-8-5-3-7-6/h2-3H,4-5H2,1H3. The second kappa shape index (κ2) is 2.62. The third kappa shape index (κ3) is 1.46. The molecule has 1 heterocycles. The van der Waals surface area contributed by atoms with E-state index in [-0.39, 0.29) is 0 Å². The number of ether oxygens (including phenoxy) is 1. The van der Waals surface area contributed by atoms with Crippen LogP contribution in [0.3, 0.4) is 0 Å². The molecule has 0 bridgehead atoms. The zero-order valence-electron chi connectivity index (χ0n) is 4.92. The average Bonchev–Trinajstić information content (AvgIpc) is 1.94. The van der Waals surface area contributed by atoms with Gasteiger partial charge in [0.1, 0.15) is 0 Å². The molecule has 0 unspecified atom stereocenters. The molecular weight excluding hydrogens is 102 g/mol. The zero-order chi connectivity index (χ0) is 5.82. The molecule has 0 fully saturated rings. The zero-order valence-corrected chi connectivity index (χ0v) is 4.92. The van der Waals surface area contributed by atoms with E-state index in [9.17, 15) is 0 Å². The Morgan fingerprint density at radius 2 is 2.50 bits per heavy atom. The van der Waals surface area contributed by atoms with Crippen molar-refractivity contribution >= 4 is 6.21 Å². The lowest BCUT2D eigenvalue weighted by molar-refractivity contribution is 0.208. The monoisotopic (exact) mass is 111 g/mol. The van der Waals surface area contributed by atoms with Gasteiger partial charge in [0.2, 0.25) is 0 Å². The maximum Gasteiger partial charge on any atom is 0.0823 e. The molecule has 0 saturated carbocycles. The maximum absolute atomic E-state index is 5.04. The third-order valence-electron chi connectivity index (χ3n) is 0.984. The van der Waals surface area contributed by atoms with Gasteiger partial charge in [-0.15, -0.1) is 0 Å². The molecule has 0 radical (unpaired) electrons. The van der Waals surface area contributed by atoms with Crippen LogP contribution in [0.5, 0.6) is 0 Å². The van der Waals surface area contributed by atoms with Gasteiger partial charge in [-0.1, -0.05) is 0 Å². The van der Waals surface area contributed by atoms with Crippen molar-refractivity contribution in [3.05, 3.63) is 11.8 Å². The first-order valence-corrected chi connectivity index (χ1v) is 2.66. The van der Waals surface area contributed by atoms with Crippen LogP contribution >= 0.6 is 0 Å². The molecule has 1 rings (SSSR count). The molecule has 0 aromatic rings. The van der Waals surface area contributed by atoms with Crippen molar-refractivity contribution in [2.24, 2.45) is 4.99 Å². The first-order chi connectivity index (χ1) is 3.89. The van der Waals surface area contributed by atoms with Crippen molar-refractivity contribution in [3.8, 4) is 0 Å². The Morgan fingerprint density at radius 1 is 1.62 bits per heavy atom. The van der Waals surface area contributed by atoms with Gasteiger partial charge in [-0.3, -0.25) is 4.99 Å². The summed E-state index contributed by atoms with van der Waals surface area (Å²) in [6, 6.07) is 0. The summed E-state index contributed by atoms with van der Waals surface area (Å²) in [5, 5.41) is 0. The van der Waals surface area contributed by atoms with E-state index in [1.165, 1.54) is 0 Å². The summed E-state index contributed by atoms with van der Waals surface area (Å²) in [4.78, 5) is 4.03. The topological polar surface area (TPSA) is 21.6 Å². The number of aliphatic imine (C=N–C) groups is 1. The van der Waals surface area contributed by atoms with E-state index in [1.54, 1.807) is 6.21 Å². The van der Waals surface area contributed by atoms with E-state index in [0.717, 1.165) is 5.70 Å². The van der Waals surface area contributed by atoms with Crippen molar-refractivity contribution in [1.82, 2.24) is 0 Å². The Hall–Kier alpha value is -0.630. The van der Waals surface area contributed by atoms with Crippen LogP contribution in [-0.2, 0) is 4.74 Å². The van der Waals surface area contributed by atoms with Crippen LogP contribution in [0.2, 0.25) is 0 Å². The second-order valence-corrected chi connectivity index (χ2v) is 1.69. The Morgan fingerprint density at radius 3 is 3.38 bits per heavy atom. The van der Waals surface area contributed by atoms with Crippen molar-refractivity contribution in [3.63, 3.8) is 0 Å². The molecule has 2 nitrogen and oxygen atoms in total. The van der Waals surface area contributed by atoms with Gasteiger partial charge in [0.15, 0.2) is 0 Å². The van der Waals surface area contributed by atoms with Gasteiger partial charge in [0.05, 0.1) is 13.2 Å². The predicted octanol–water partition coefficient (Wildman–Crippen LogP) is 0.991. The lowest BCUT2D eigenvalue weighted by Gasteiger charge is -1.87. The fourth-order valence-corrected chi connectivity index (χ4v) is 0.534. The summed E-state index contributed by atoms with van der Waals surface area (Å²) in [6.07, 6.45) is 3.74. The number of hydrogen-bond acceptors (Lipinski definition) is 2. The molecule has 0 spiro atoms. The van der Waals surface area contributed by atoms with Gasteiger partial charge in [-0.2, -0.15) is 0 Å². The van der Waals surface area contributed by atoms with Gasteiger partial charge in [0, 0.05) is 11.9 Å². The number of allylic oxidation sites excluding steroid dienone is 1. The largest absolute Gasteiger partial charge is 0.372 e. The molecule has 44 valence electrons. The summed E-state index contributed by atoms with van der Waals surface area (Å²) < 4.78 is 5.04. The van der Waals surface area contributed by atoms with Gasteiger partial charge >= 0.3 is 0 Å². The van der Waals surface area contributed by atoms with Crippen molar-refractivity contribution in [2.45, 2.75) is 6.92 Å². The van der Waals surface area contributed by atoms with Crippen molar-refractivity contribution in [1.29, 1.82) is 0 Å². The normalized spacial score (nSPS) is 19.9. The molecule has 0 atom stereocenters. The van der Waals surface area contributed by atoms with E-state index >= 15 is 0 Å². The van der Waals surface area contributed by atoms with Crippen LogP contribution in [0.25, 0.3) is 0 Å². The fourth-order valence-electron chi connectivity index (χ4n) is 0.534. The van der Waals surface area contributed by atoms with Gasteiger partial charge in [-0.25, -0.2) is 0 Å². The smallest absolute Gasteiger partial charge is 0.0823 e. The van der Waals surface area contributed by atoms with Crippen LogP contribution in [0, 0.1) is 0 Å². The molecule has 0 amide bonds. The molecule has 1 aliphatic rings. The third-order valence-corrected chi connectivity index (χ3v) is 0.984. The summed E-state index contributed by atoms with van der Waals surface area (Å²) >= 11 is 0. The minimum Gasteiger partial charge on any atom is -0.372 e. The van der Waals surface area contributed by atoms with Gasteiger partial charge < -0.3 is 4.74 Å². The second-order valence-electron chi connectivity index (χ2n) is 1.69. The first-order valence-electron chi connectivity index (χ1n) is 2.66. The molecule has 1 aliphatic heterocycles. The Balaban J connectivity index is 2.55.